The first kappa shape index (κ1) is 27.2. The smallest absolute Gasteiger partial charge is 0.307 e. The Morgan fingerprint density at radius 2 is 1.62 bits per heavy atom. The van der Waals surface area contributed by atoms with Gasteiger partial charge in [0.05, 0.1) is 19.0 Å². The average molecular weight is 535 g/mol. The van der Waals surface area contributed by atoms with Crippen LogP contribution in [-0.2, 0) is 37.5 Å². The molecule has 3 atom stereocenters. The summed E-state index contributed by atoms with van der Waals surface area (Å²) in [7, 11) is 0. The molecular weight excluding hydrogens is 500 g/mol. The van der Waals surface area contributed by atoms with Crippen LogP contribution in [0.15, 0.2) is 84.9 Å². The van der Waals surface area contributed by atoms with Crippen molar-refractivity contribution in [2.75, 3.05) is 4.90 Å². The zero-order valence-corrected chi connectivity index (χ0v) is 22.6. The van der Waals surface area contributed by atoms with Gasteiger partial charge in [0.1, 0.15) is 11.5 Å². The number of nitrogens with one attached hydrogen (secondary N) is 1. The van der Waals surface area contributed by atoms with Crippen LogP contribution in [-0.4, -0.2) is 29.9 Å². The second-order valence-corrected chi connectivity index (χ2v) is 10.5. The maximum Gasteiger partial charge on any atom is 0.307 e. The highest BCUT2D eigenvalue weighted by Crippen LogP contribution is 2.51. The van der Waals surface area contributed by atoms with Crippen LogP contribution in [0.25, 0.3) is 0 Å². The van der Waals surface area contributed by atoms with E-state index in [-0.39, 0.29) is 31.1 Å². The molecule has 1 saturated carbocycles. The molecule has 40 heavy (non-hydrogen) atoms. The lowest BCUT2D eigenvalue weighted by atomic mass is 9.65. The third kappa shape index (κ3) is 5.51. The van der Waals surface area contributed by atoms with E-state index < -0.39 is 23.5 Å². The molecule has 6 heteroatoms. The molecular formula is C34H34N2O4. The number of benzene rings is 3. The Morgan fingerprint density at radius 3 is 2.35 bits per heavy atom. The predicted molar refractivity (Wildman–Crippen MR) is 154 cm³/mol. The van der Waals surface area contributed by atoms with E-state index >= 15 is 0 Å². The number of anilines is 1. The molecule has 1 aliphatic carbocycles. The van der Waals surface area contributed by atoms with Gasteiger partial charge in [0.2, 0.25) is 11.8 Å². The van der Waals surface area contributed by atoms with Crippen molar-refractivity contribution in [1.29, 1.82) is 0 Å². The van der Waals surface area contributed by atoms with Crippen LogP contribution in [0, 0.1) is 12.3 Å². The van der Waals surface area contributed by atoms with Crippen LogP contribution in [0.4, 0.5) is 5.69 Å². The van der Waals surface area contributed by atoms with Crippen LogP contribution < -0.4 is 10.2 Å². The standard InChI is InChI=1S/C34H34N2O4/c1-2-3-20-31(38)40-29-19-12-23-34(32(29)35-30(37)22-21-25-13-6-4-7-14-25)27-17-10-11-18-28(27)36(33(34)39)24-26-15-8-5-9-16-26/h1,4-11,13-18,29,32H,3,12,19-24H2,(H,35,37)/t29-,32-,34-/m0/s1. The zero-order valence-electron chi connectivity index (χ0n) is 22.6. The number of esters is 1. The van der Waals surface area contributed by atoms with E-state index in [0.717, 1.165) is 22.4 Å². The minimum atomic E-state index is -1.04. The topological polar surface area (TPSA) is 75.7 Å². The van der Waals surface area contributed by atoms with Crippen LogP contribution >= 0.6 is 0 Å². The maximum absolute atomic E-state index is 14.5. The van der Waals surface area contributed by atoms with Gasteiger partial charge in [0.15, 0.2) is 0 Å². The molecule has 2 amide bonds. The summed E-state index contributed by atoms with van der Waals surface area (Å²) in [6.45, 7) is 0.416. The maximum atomic E-state index is 14.5. The van der Waals surface area contributed by atoms with Crippen molar-refractivity contribution in [1.82, 2.24) is 5.32 Å². The molecule has 1 N–H and O–H groups in total. The van der Waals surface area contributed by atoms with Crippen molar-refractivity contribution in [2.24, 2.45) is 0 Å². The predicted octanol–water partition coefficient (Wildman–Crippen LogP) is 5.10. The molecule has 1 fully saturated rings. The first-order valence-electron chi connectivity index (χ1n) is 13.9. The summed E-state index contributed by atoms with van der Waals surface area (Å²) in [5.74, 6) is 1.82. The largest absolute Gasteiger partial charge is 0.460 e. The van der Waals surface area contributed by atoms with Crippen molar-refractivity contribution in [3.63, 3.8) is 0 Å². The van der Waals surface area contributed by atoms with Crippen molar-refractivity contribution in [3.05, 3.63) is 102 Å². The number of nitrogens with zero attached hydrogens (tertiary/aromatic N) is 1. The monoisotopic (exact) mass is 534 g/mol. The summed E-state index contributed by atoms with van der Waals surface area (Å²) in [5.41, 5.74) is 2.74. The van der Waals surface area contributed by atoms with Crippen molar-refractivity contribution in [2.45, 2.75) is 69.1 Å². The first-order valence-corrected chi connectivity index (χ1v) is 13.9. The number of terminal acetylenes is 1. The van der Waals surface area contributed by atoms with E-state index in [9.17, 15) is 14.4 Å². The molecule has 3 aromatic carbocycles. The zero-order chi connectivity index (χ0) is 28.0. The number of aryl methyl sites for hydroxylation is 1. The Hall–Kier alpha value is -4.37. The minimum absolute atomic E-state index is 0.0738. The van der Waals surface area contributed by atoms with Crippen LogP contribution in [0.1, 0.15) is 55.2 Å². The lowest BCUT2D eigenvalue weighted by Gasteiger charge is -2.44. The summed E-state index contributed by atoms with van der Waals surface area (Å²) in [6, 6.07) is 26.8. The van der Waals surface area contributed by atoms with Gasteiger partial charge < -0.3 is 15.0 Å². The van der Waals surface area contributed by atoms with Gasteiger partial charge in [0.25, 0.3) is 0 Å². The van der Waals surface area contributed by atoms with Gasteiger partial charge in [-0.25, -0.2) is 0 Å². The fourth-order valence-corrected chi connectivity index (χ4v) is 6.13. The Balaban J connectivity index is 1.48. The molecule has 6 nitrogen and oxygen atoms in total. The summed E-state index contributed by atoms with van der Waals surface area (Å²) in [4.78, 5) is 42.5. The molecule has 1 heterocycles. The highest BCUT2D eigenvalue weighted by atomic mass is 16.5. The molecule has 2 aliphatic rings. The lowest BCUT2D eigenvalue weighted by Crippen LogP contribution is -2.63. The number of ether oxygens (including phenoxy) is 1. The Kier molecular flexibility index (Phi) is 8.31. The van der Waals surface area contributed by atoms with Crippen molar-refractivity contribution >= 4 is 23.5 Å². The van der Waals surface area contributed by atoms with Crippen molar-refractivity contribution in [3.8, 4) is 12.3 Å². The minimum Gasteiger partial charge on any atom is -0.460 e. The van der Waals surface area contributed by atoms with Gasteiger partial charge in [-0.1, -0.05) is 78.9 Å². The van der Waals surface area contributed by atoms with E-state index in [2.05, 4.69) is 11.2 Å². The first-order chi connectivity index (χ1) is 19.5. The lowest BCUT2D eigenvalue weighted by molar-refractivity contribution is -0.156. The molecule has 1 aliphatic heterocycles. The van der Waals surface area contributed by atoms with Gasteiger partial charge in [-0.05, 0) is 48.4 Å². The van der Waals surface area contributed by atoms with E-state index in [4.69, 9.17) is 11.2 Å². The van der Waals surface area contributed by atoms with E-state index in [0.29, 0.717) is 32.2 Å². The Morgan fingerprint density at radius 1 is 0.950 bits per heavy atom. The summed E-state index contributed by atoms with van der Waals surface area (Å²) >= 11 is 0. The average Bonchev–Trinajstić information content (AvgIpc) is 3.21. The highest BCUT2D eigenvalue weighted by molar-refractivity contribution is 6.09. The molecule has 0 saturated heterocycles. The van der Waals surface area contributed by atoms with Crippen LogP contribution in [0.3, 0.4) is 0 Å². The fraction of sp³-hybridized carbons (Fsp3) is 0.324. The summed E-state index contributed by atoms with van der Waals surface area (Å²) in [6.07, 6.45) is 7.72. The molecule has 1 spiro atoms. The fourth-order valence-electron chi connectivity index (χ4n) is 6.13. The quantitative estimate of drug-likeness (QED) is 0.306. The normalized spacial score (nSPS) is 21.5. The Labute approximate surface area is 235 Å². The van der Waals surface area contributed by atoms with E-state index in [1.807, 2.05) is 89.8 Å². The molecule has 204 valence electrons. The van der Waals surface area contributed by atoms with E-state index in [1.54, 1.807) is 0 Å². The third-order valence-electron chi connectivity index (χ3n) is 8.00. The Bertz CT molecular complexity index is 1400. The third-order valence-corrected chi connectivity index (χ3v) is 8.00. The van der Waals surface area contributed by atoms with Gasteiger partial charge >= 0.3 is 5.97 Å². The van der Waals surface area contributed by atoms with Gasteiger partial charge in [0, 0.05) is 18.5 Å². The number of rotatable bonds is 9. The number of hydrogen-bond donors (Lipinski definition) is 1. The highest BCUT2D eigenvalue weighted by Gasteiger charge is 2.60. The van der Waals surface area contributed by atoms with Crippen LogP contribution in [0.5, 0.6) is 0 Å². The number of carbonyl (C=O) groups excluding carboxylic acids is 3. The van der Waals surface area contributed by atoms with Gasteiger partial charge in [-0.15, -0.1) is 12.3 Å². The molecule has 0 unspecified atom stereocenters. The number of carbonyl (C=O) groups is 3. The molecule has 3 aromatic rings. The SMILES string of the molecule is C#CCCC(=O)O[C@H]1CCC[C@@]2(C(=O)N(Cc3ccccc3)c3ccccc32)[C@H]1NC(=O)CCc1ccccc1. The molecule has 0 radical (unpaired) electrons. The number of para-hydroxylation sites is 1. The second-order valence-electron chi connectivity index (χ2n) is 10.5. The molecule has 0 bridgehead atoms. The number of hydrogen-bond acceptors (Lipinski definition) is 4. The van der Waals surface area contributed by atoms with Gasteiger partial charge in [-0.3, -0.25) is 14.4 Å². The number of amides is 2. The van der Waals surface area contributed by atoms with Crippen LogP contribution in [0.2, 0.25) is 0 Å². The van der Waals surface area contributed by atoms with Crippen molar-refractivity contribution < 1.29 is 19.1 Å². The van der Waals surface area contributed by atoms with Gasteiger partial charge in [-0.2, -0.15) is 0 Å². The van der Waals surface area contributed by atoms with E-state index in [1.165, 1.54) is 0 Å². The summed E-state index contributed by atoms with van der Waals surface area (Å²) < 4.78 is 5.95. The summed E-state index contributed by atoms with van der Waals surface area (Å²) in [5, 5.41) is 3.19. The number of fused-ring (bicyclic) bond motifs is 2. The molecule has 0 aromatic heterocycles. The second kappa shape index (κ2) is 12.2. The molecule has 5 rings (SSSR count).